The average Bonchev–Trinajstić information content (AvgIpc) is 2.16. The highest BCUT2D eigenvalue weighted by atomic mass is 16.7. The number of hydrogen-bond donors (Lipinski definition) is 1. The summed E-state index contributed by atoms with van der Waals surface area (Å²) in [7, 11) is 1.21. The Bertz CT molecular complexity index is 364. The molecule has 1 aromatic carbocycles. The standard InChI is InChI=1S/C8H8N2O4/c1-14-8(11)6-4-2-3-5-7(6)9-10(12)13/h2-5,9H,1H3. The molecule has 74 valence electrons. The summed E-state index contributed by atoms with van der Waals surface area (Å²) in [6.45, 7) is 0. The molecule has 0 atom stereocenters. The minimum absolute atomic E-state index is 0.115. The highest BCUT2D eigenvalue weighted by Crippen LogP contribution is 2.15. The molecule has 0 radical (unpaired) electrons. The van der Waals surface area contributed by atoms with Crippen LogP contribution in [0.4, 0.5) is 5.69 Å². The Morgan fingerprint density at radius 3 is 2.71 bits per heavy atom. The van der Waals surface area contributed by atoms with Crippen LogP contribution in [0.2, 0.25) is 0 Å². The summed E-state index contributed by atoms with van der Waals surface area (Å²) in [5.41, 5.74) is 2.16. The molecular weight excluding hydrogens is 188 g/mol. The minimum atomic E-state index is -0.734. The SMILES string of the molecule is COC(=O)c1ccccc1N[N+](=O)[O-]. The number of benzene rings is 1. The number of para-hydroxylation sites is 1. The van der Waals surface area contributed by atoms with Crippen LogP contribution in [0, 0.1) is 10.1 Å². The predicted octanol–water partition coefficient (Wildman–Crippen LogP) is 1.08. The third kappa shape index (κ3) is 2.19. The second-order valence-corrected chi connectivity index (χ2v) is 2.41. The van der Waals surface area contributed by atoms with Gasteiger partial charge in [-0.15, -0.1) is 5.43 Å². The van der Waals surface area contributed by atoms with Gasteiger partial charge in [0.15, 0.2) is 5.03 Å². The van der Waals surface area contributed by atoms with Crippen molar-refractivity contribution in [2.24, 2.45) is 0 Å². The van der Waals surface area contributed by atoms with E-state index in [9.17, 15) is 14.9 Å². The lowest BCUT2D eigenvalue weighted by Crippen LogP contribution is -2.12. The van der Waals surface area contributed by atoms with Crippen molar-refractivity contribution in [2.45, 2.75) is 0 Å². The first-order valence-electron chi connectivity index (χ1n) is 3.73. The van der Waals surface area contributed by atoms with Gasteiger partial charge in [0.2, 0.25) is 0 Å². The van der Waals surface area contributed by atoms with Crippen LogP contribution in [-0.4, -0.2) is 18.1 Å². The number of hydrazine groups is 1. The molecule has 6 nitrogen and oxygen atoms in total. The number of rotatable bonds is 3. The first kappa shape index (κ1) is 9.97. The number of methoxy groups -OCH3 is 1. The number of ether oxygens (including phenoxy) is 1. The molecule has 0 saturated carbocycles. The van der Waals surface area contributed by atoms with Crippen molar-refractivity contribution in [3.63, 3.8) is 0 Å². The van der Waals surface area contributed by atoms with Crippen LogP contribution in [0.25, 0.3) is 0 Å². The molecule has 6 heteroatoms. The molecule has 0 aromatic heterocycles. The average molecular weight is 196 g/mol. The molecule has 1 rings (SSSR count). The molecule has 0 aliphatic heterocycles. The molecule has 0 spiro atoms. The third-order valence-corrected chi connectivity index (χ3v) is 1.54. The monoisotopic (exact) mass is 196 g/mol. The molecule has 0 heterocycles. The van der Waals surface area contributed by atoms with Crippen molar-refractivity contribution in [3.05, 3.63) is 39.9 Å². The zero-order valence-corrected chi connectivity index (χ0v) is 7.39. The summed E-state index contributed by atoms with van der Waals surface area (Å²) in [5.74, 6) is -0.616. The number of esters is 1. The largest absolute Gasteiger partial charge is 0.465 e. The van der Waals surface area contributed by atoms with Gasteiger partial charge >= 0.3 is 5.97 Å². The van der Waals surface area contributed by atoms with Gasteiger partial charge in [-0.3, -0.25) is 0 Å². The van der Waals surface area contributed by atoms with Crippen LogP contribution < -0.4 is 5.43 Å². The maximum atomic E-state index is 11.1. The van der Waals surface area contributed by atoms with Crippen LogP contribution in [0.3, 0.4) is 0 Å². The van der Waals surface area contributed by atoms with Gasteiger partial charge < -0.3 is 4.74 Å². The number of carbonyl (C=O) groups is 1. The summed E-state index contributed by atoms with van der Waals surface area (Å²) < 4.78 is 4.46. The van der Waals surface area contributed by atoms with E-state index in [1.165, 1.54) is 19.2 Å². The molecule has 0 bridgehead atoms. The van der Waals surface area contributed by atoms with Crippen molar-refractivity contribution in [2.75, 3.05) is 12.5 Å². The molecule has 0 fully saturated rings. The van der Waals surface area contributed by atoms with Gasteiger partial charge in [0.25, 0.3) is 0 Å². The Hall–Kier alpha value is -2.11. The molecule has 0 aliphatic carbocycles. The molecule has 14 heavy (non-hydrogen) atoms. The maximum absolute atomic E-state index is 11.1. The van der Waals surface area contributed by atoms with Crippen LogP contribution in [0.15, 0.2) is 24.3 Å². The quantitative estimate of drug-likeness (QED) is 0.444. The molecule has 0 saturated heterocycles. The Balaban J connectivity index is 3.02. The lowest BCUT2D eigenvalue weighted by molar-refractivity contribution is -0.445. The number of carbonyl (C=O) groups excluding carboxylic acids is 1. The topological polar surface area (TPSA) is 81.5 Å². The van der Waals surface area contributed by atoms with Gasteiger partial charge in [-0.1, -0.05) is 12.1 Å². The van der Waals surface area contributed by atoms with E-state index in [2.05, 4.69) is 4.74 Å². The Morgan fingerprint density at radius 2 is 2.14 bits per heavy atom. The Kier molecular flexibility index (Phi) is 3.01. The molecule has 0 unspecified atom stereocenters. The Morgan fingerprint density at radius 1 is 1.50 bits per heavy atom. The van der Waals surface area contributed by atoms with Gasteiger partial charge in [-0.25, -0.2) is 14.9 Å². The molecule has 1 aromatic rings. The number of nitrogens with one attached hydrogen (secondary N) is 1. The number of nitrogens with zero attached hydrogens (tertiary/aromatic N) is 1. The smallest absolute Gasteiger partial charge is 0.340 e. The summed E-state index contributed by atoms with van der Waals surface area (Å²) >= 11 is 0. The number of hydrogen-bond acceptors (Lipinski definition) is 4. The highest BCUT2D eigenvalue weighted by molar-refractivity contribution is 5.95. The number of anilines is 1. The molecule has 0 aliphatic rings. The van der Waals surface area contributed by atoms with Gasteiger partial charge in [-0.05, 0) is 12.1 Å². The van der Waals surface area contributed by atoms with Crippen LogP contribution >= 0.6 is 0 Å². The zero-order valence-electron chi connectivity index (χ0n) is 7.39. The fourth-order valence-corrected chi connectivity index (χ4v) is 0.967. The first-order valence-corrected chi connectivity index (χ1v) is 3.73. The van der Waals surface area contributed by atoms with E-state index < -0.39 is 11.0 Å². The molecular formula is C8H8N2O4. The molecule has 0 amide bonds. The van der Waals surface area contributed by atoms with Crippen molar-refractivity contribution >= 4 is 11.7 Å². The highest BCUT2D eigenvalue weighted by Gasteiger charge is 2.13. The van der Waals surface area contributed by atoms with E-state index in [-0.39, 0.29) is 11.3 Å². The fraction of sp³-hybridized carbons (Fsp3) is 0.125. The van der Waals surface area contributed by atoms with E-state index in [0.29, 0.717) is 0 Å². The van der Waals surface area contributed by atoms with Gasteiger partial charge in [-0.2, -0.15) is 0 Å². The minimum Gasteiger partial charge on any atom is -0.465 e. The van der Waals surface area contributed by atoms with Crippen molar-refractivity contribution in [1.29, 1.82) is 0 Å². The fourth-order valence-electron chi connectivity index (χ4n) is 0.967. The van der Waals surface area contributed by atoms with E-state index in [1.807, 2.05) is 5.43 Å². The predicted molar refractivity (Wildman–Crippen MR) is 48.4 cm³/mol. The summed E-state index contributed by atoms with van der Waals surface area (Å²) in [4.78, 5) is 21.3. The van der Waals surface area contributed by atoms with Gasteiger partial charge in [0.1, 0.15) is 5.69 Å². The van der Waals surface area contributed by atoms with Crippen LogP contribution in [-0.2, 0) is 4.74 Å². The van der Waals surface area contributed by atoms with E-state index in [4.69, 9.17) is 0 Å². The lowest BCUT2D eigenvalue weighted by Gasteiger charge is -2.03. The van der Waals surface area contributed by atoms with E-state index >= 15 is 0 Å². The normalized spacial score (nSPS) is 9.21. The van der Waals surface area contributed by atoms with Gasteiger partial charge in [0, 0.05) is 0 Å². The number of nitro groups is 1. The van der Waals surface area contributed by atoms with E-state index in [1.54, 1.807) is 12.1 Å². The third-order valence-electron chi connectivity index (χ3n) is 1.54. The van der Waals surface area contributed by atoms with Crippen molar-refractivity contribution in [3.8, 4) is 0 Å². The summed E-state index contributed by atoms with van der Waals surface area (Å²) in [6.07, 6.45) is 0. The summed E-state index contributed by atoms with van der Waals surface area (Å²) in [5, 5.41) is 9.44. The zero-order chi connectivity index (χ0) is 10.6. The maximum Gasteiger partial charge on any atom is 0.340 e. The second-order valence-electron chi connectivity index (χ2n) is 2.41. The van der Waals surface area contributed by atoms with E-state index in [0.717, 1.165) is 0 Å². The van der Waals surface area contributed by atoms with Crippen LogP contribution in [0.1, 0.15) is 10.4 Å². The first-order chi connectivity index (χ1) is 6.65. The Labute approximate surface area is 79.6 Å². The summed E-state index contributed by atoms with van der Waals surface area (Å²) in [6, 6.07) is 6.04. The second kappa shape index (κ2) is 4.22. The lowest BCUT2D eigenvalue weighted by atomic mass is 10.2. The van der Waals surface area contributed by atoms with Crippen molar-refractivity contribution in [1.82, 2.24) is 0 Å². The van der Waals surface area contributed by atoms with Crippen molar-refractivity contribution < 1.29 is 14.6 Å². The van der Waals surface area contributed by atoms with Gasteiger partial charge in [0.05, 0.1) is 12.7 Å². The molecule has 1 N–H and O–H groups in total. The van der Waals surface area contributed by atoms with Crippen LogP contribution in [0.5, 0.6) is 0 Å².